The first-order valence-corrected chi connectivity index (χ1v) is 5.27. The van der Waals surface area contributed by atoms with Crippen LogP contribution in [0.25, 0.3) is 10.9 Å². The van der Waals surface area contributed by atoms with Crippen molar-refractivity contribution in [3.63, 3.8) is 0 Å². The molecular weight excluding hydrogens is 298 g/mol. The molecule has 1 aromatic carbocycles. The number of carbonyl (C=O) groups excluding carboxylic acids is 1. The maximum atomic E-state index is 11.3. The van der Waals surface area contributed by atoms with Crippen molar-refractivity contribution >= 4 is 16.9 Å². The summed E-state index contributed by atoms with van der Waals surface area (Å²) in [4.78, 5) is 11.3. The minimum absolute atomic E-state index is 0. The predicted octanol–water partition coefficient (Wildman–Crippen LogP) is -1.69. The fourth-order valence-corrected chi connectivity index (χ4v) is 1.73. The third-order valence-electron chi connectivity index (χ3n) is 2.61. The number of benzene rings is 1. The predicted molar refractivity (Wildman–Crippen MR) is 62.7 cm³/mol. The molecule has 0 unspecified atom stereocenters. The van der Waals surface area contributed by atoms with Crippen LogP contribution in [0.5, 0.6) is 5.75 Å². The van der Waals surface area contributed by atoms with Crippen molar-refractivity contribution in [2.45, 2.75) is 6.54 Å². The molecule has 0 amide bonds. The summed E-state index contributed by atoms with van der Waals surface area (Å²) in [7, 11) is 3.02. The molecule has 0 saturated carbocycles. The van der Waals surface area contributed by atoms with Crippen LogP contribution in [0.2, 0.25) is 0 Å². The Balaban J connectivity index is 0.00000162. The third kappa shape index (κ3) is 2.98. The van der Waals surface area contributed by atoms with E-state index >= 15 is 0 Å². The molecule has 0 aliphatic rings. The van der Waals surface area contributed by atoms with Crippen molar-refractivity contribution in [2.24, 2.45) is 0 Å². The molecule has 2 rings (SSSR count). The molecule has 0 fully saturated rings. The number of aromatic nitrogens is 1. The number of carbonyl (C=O) groups is 1. The van der Waals surface area contributed by atoms with E-state index in [1.807, 2.05) is 41.1 Å². The summed E-state index contributed by atoms with van der Waals surface area (Å²) in [5, 5.41) is 1.02. The van der Waals surface area contributed by atoms with Gasteiger partial charge in [0.05, 0.1) is 19.6 Å². The number of methoxy groups -OCH3 is 2. The normalized spacial score (nSPS) is 9.67. The summed E-state index contributed by atoms with van der Waals surface area (Å²) in [5.41, 5.74) is 0.971. The van der Waals surface area contributed by atoms with E-state index in [-0.39, 0.29) is 29.5 Å². The molecule has 18 heavy (non-hydrogen) atoms. The molecule has 1 aromatic heterocycles. The second-order valence-electron chi connectivity index (χ2n) is 3.64. The fraction of sp³-hybridized carbons (Fsp3) is 0.231. The Labute approximate surface area is 116 Å². The number of halogens is 1. The van der Waals surface area contributed by atoms with Gasteiger partial charge in [0.2, 0.25) is 12.1 Å². The number of hydrogen-bond acceptors (Lipinski definition) is 3. The number of nitrogens with zero attached hydrogens (tertiary/aromatic N) is 1. The summed E-state index contributed by atoms with van der Waals surface area (Å²) in [6.45, 7) is 0.209. The lowest BCUT2D eigenvalue weighted by atomic mass is 10.2. The van der Waals surface area contributed by atoms with Gasteiger partial charge in [-0.2, -0.15) is 4.57 Å². The number of esters is 1. The van der Waals surface area contributed by atoms with Crippen molar-refractivity contribution in [1.82, 2.24) is 0 Å². The van der Waals surface area contributed by atoms with Gasteiger partial charge in [0.1, 0.15) is 5.75 Å². The van der Waals surface area contributed by atoms with Gasteiger partial charge in [-0.25, -0.2) is 4.79 Å². The van der Waals surface area contributed by atoms with E-state index in [1.165, 1.54) is 7.11 Å². The smallest absolute Gasteiger partial charge is 0.372 e. The molecule has 0 spiro atoms. The van der Waals surface area contributed by atoms with E-state index in [1.54, 1.807) is 7.11 Å². The molecule has 0 atom stereocenters. The van der Waals surface area contributed by atoms with Crippen LogP contribution in [0.4, 0.5) is 0 Å². The van der Waals surface area contributed by atoms with Crippen LogP contribution in [0.15, 0.2) is 36.5 Å². The lowest BCUT2D eigenvalue weighted by Crippen LogP contribution is -3.00. The van der Waals surface area contributed by atoms with Gasteiger partial charge in [-0.1, -0.05) is 0 Å². The van der Waals surface area contributed by atoms with Crippen LogP contribution in [0, 0.1) is 0 Å². The Kier molecular flexibility index (Phi) is 5.09. The van der Waals surface area contributed by atoms with Gasteiger partial charge in [-0.05, 0) is 18.2 Å². The Morgan fingerprint density at radius 1 is 1.28 bits per heavy atom. The quantitative estimate of drug-likeness (QED) is 0.502. The summed E-state index contributed by atoms with van der Waals surface area (Å²) in [6, 6.07) is 9.60. The van der Waals surface area contributed by atoms with E-state index in [0.717, 1.165) is 16.7 Å². The molecule has 96 valence electrons. The first-order chi connectivity index (χ1) is 8.24. The summed E-state index contributed by atoms with van der Waals surface area (Å²) in [5.74, 6) is 0.534. The fourth-order valence-electron chi connectivity index (χ4n) is 1.73. The van der Waals surface area contributed by atoms with E-state index in [0.29, 0.717) is 0 Å². The van der Waals surface area contributed by atoms with Gasteiger partial charge in [-0.15, -0.1) is 0 Å². The summed E-state index contributed by atoms with van der Waals surface area (Å²) < 4.78 is 11.7. The summed E-state index contributed by atoms with van der Waals surface area (Å²) in [6.07, 6.45) is 1.85. The van der Waals surface area contributed by atoms with Crippen molar-refractivity contribution in [1.29, 1.82) is 0 Å². The van der Waals surface area contributed by atoms with Gasteiger partial charge in [0.25, 0.3) is 0 Å². The van der Waals surface area contributed by atoms with Crippen LogP contribution in [0.3, 0.4) is 0 Å². The van der Waals surface area contributed by atoms with Gasteiger partial charge in [-0.3, -0.25) is 0 Å². The Bertz CT molecular complexity index is 557. The zero-order chi connectivity index (χ0) is 12.3. The number of pyridine rings is 1. The van der Waals surface area contributed by atoms with Crippen molar-refractivity contribution in [2.75, 3.05) is 14.2 Å². The molecule has 4 nitrogen and oxygen atoms in total. The van der Waals surface area contributed by atoms with E-state index in [4.69, 9.17) is 4.74 Å². The highest BCUT2D eigenvalue weighted by Crippen LogP contribution is 2.17. The molecule has 0 aliphatic heterocycles. The van der Waals surface area contributed by atoms with Crippen LogP contribution in [-0.2, 0) is 16.1 Å². The number of rotatable bonds is 3. The maximum absolute atomic E-state index is 11.3. The first kappa shape index (κ1) is 14.4. The van der Waals surface area contributed by atoms with Crippen molar-refractivity contribution < 1.29 is 35.8 Å². The highest BCUT2D eigenvalue weighted by atomic mass is 79.9. The average molecular weight is 312 g/mol. The van der Waals surface area contributed by atoms with Crippen molar-refractivity contribution in [3.8, 4) is 5.75 Å². The first-order valence-electron chi connectivity index (χ1n) is 5.27. The lowest BCUT2D eigenvalue weighted by Gasteiger charge is -2.02. The zero-order valence-electron chi connectivity index (χ0n) is 10.2. The van der Waals surface area contributed by atoms with Crippen LogP contribution >= 0.6 is 0 Å². The molecule has 5 heteroatoms. The minimum atomic E-state index is -0.265. The van der Waals surface area contributed by atoms with E-state index in [2.05, 4.69) is 4.74 Å². The number of hydrogen-bond donors (Lipinski definition) is 0. The molecule has 0 radical (unpaired) electrons. The average Bonchev–Trinajstić information content (AvgIpc) is 2.38. The second-order valence-corrected chi connectivity index (χ2v) is 3.64. The van der Waals surface area contributed by atoms with Gasteiger partial charge >= 0.3 is 5.97 Å². The summed E-state index contributed by atoms with van der Waals surface area (Å²) >= 11 is 0. The monoisotopic (exact) mass is 311 g/mol. The maximum Gasteiger partial charge on any atom is 0.372 e. The topological polar surface area (TPSA) is 39.4 Å². The Morgan fingerprint density at radius 3 is 2.72 bits per heavy atom. The van der Waals surface area contributed by atoms with E-state index < -0.39 is 0 Å². The van der Waals surface area contributed by atoms with Crippen LogP contribution < -0.4 is 26.3 Å². The van der Waals surface area contributed by atoms with E-state index in [9.17, 15) is 4.79 Å². The highest BCUT2D eigenvalue weighted by Gasteiger charge is 2.13. The molecule has 0 bridgehead atoms. The minimum Gasteiger partial charge on any atom is -1.00 e. The largest absolute Gasteiger partial charge is 1.00 e. The Morgan fingerprint density at radius 2 is 2.06 bits per heavy atom. The van der Waals surface area contributed by atoms with Crippen LogP contribution in [-0.4, -0.2) is 20.2 Å². The molecule has 0 aliphatic carbocycles. The molecule has 0 N–H and O–H groups in total. The third-order valence-corrected chi connectivity index (χ3v) is 2.61. The van der Waals surface area contributed by atoms with Gasteiger partial charge in [0.15, 0.2) is 6.20 Å². The molecule has 1 heterocycles. The van der Waals surface area contributed by atoms with Crippen LogP contribution in [0.1, 0.15) is 0 Å². The molecular formula is C13H14BrNO3. The second kappa shape index (κ2) is 6.35. The SMILES string of the molecule is COC(=O)C[n+]1cccc2cc(OC)ccc21.[Br-]. The van der Waals surface area contributed by atoms with Crippen molar-refractivity contribution in [3.05, 3.63) is 36.5 Å². The Hall–Kier alpha value is -1.62. The number of fused-ring (bicyclic) bond motifs is 1. The highest BCUT2D eigenvalue weighted by molar-refractivity contribution is 5.77. The van der Waals surface area contributed by atoms with Gasteiger partial charge < -0.3 is 26.5 Å². The lowest BCUT2D eigenvalue weighted by molar-refractivity contribution is -0.660. The standard InChI is InChI=1S/C13H14NO3.BrH/c1-16-11-5-6-12-10(8-11)4-3-7-14(12)9-13(15)17-2;/h3-8H,9H2,1-2H3;1H/q+1;/p-1. The number of ether oxygens (including phenoxy) is 2. The molecule has 0 saturated heterocycles. The molecule has 2 aromatic rings. The zero-order valence-corrected chi connectivity index (χ0v) is 11.8. The van der Waals surface area contributed by atoms with Gasteiger partial charge in [0, 0.05) is 12.1 Å².